The van der Waals surface area contributed by atoms with Gasteiger partial charge in [0.15, 0.2) is 11.5 Å². The molecule has 1 N–H and O–H groups in total. The second-order valence-electron chi connectivity index (χ2n) is 4.70. The maximum Gasteiger partial charge on any atom is 0.233 e. The first-order chi connectivity index (χ1) is 11.0. The van der Waals surface area contributed by atoms with E-state index in [4.69, 9.17) is 14.2 Å². The fourth-order valence-corrected chi connectivity index (χ4v) is 2.18. The number of amides is 2. The zero-order chi connectivity index (χ0) is 17.4. The highest BCUT2D eigenvalue weighted by Gasteiger charge is 2.17. The molecule has 0 spiro atoms. The summed E-state index contributed by atoms with van der Waals surface area (Å²) in [6.45, 7) is 4.90. The molecule has 0 aliphatic carbocycles. The fraction of sp³-hybridized carbons (Fsp3) is 0.500. The van der Waals surface area contributed by atoms with E-state index >= 15 is 0 Å². The molecule has 0 saturated heterocycles. The van der Waals surface area contributed by atoms with Crippen molar-refractivity contribution in [1.29, 1.82) is 0 Å². The van der Waals surface area contributed by atoms with Crippen molar-refractivity contribution in [3.05, 3.63) is 12.1 Å². The molecule has 23 heavy (non-hydrogen) atoms. The summed E-state index contributed by atoms with van der Waals surface area (Å²) >= 11 is 0. The Morgan fingerprint density at radius 2 is 1.52 bits per heavy atom. The second-order valence-corrected chi connectivity index (χ2v) is 4.70. The summed E-state index contributed by atoms with van der Waals surface area (Å²) in [6, 6.07) is 3.22. The van der Waals surface area contributed by atoms with Crippen LogP contribution in [0, 0.1) is 0 Å². The molecule has 2 amide bonds. The number of methoxy groups -OCH3 is 3. The van der Waals surface area contributed by atoms with Gasteiger partial charge < -0.3 is 24.4 Å². The van der Waals surface area contributed by atoms with Gasteiger partial charge in [0.25, 0.3) is 0 Å². The predicted octanol–water partition coefficient (Wildman–Crippen LogP) is 1.91. The number of anilines is 1. The number of hydrogen-bond acceptors (Lipinski definition) is 5. The Bertz CT molecular complexity index is 530. The Labute approximate surface area is 136 Å². The summed E-state index contributed by atoms with van der Waals surface area (Å²) in [5.74, 6) is 0.692. The highest BCUT2D eigenvalue weighted by atomic mass is 16.5. The van der Waals surface area contributed by atoms with Crippen molar-refractivity contribution in [2.75, 3.05) is 39.7 Å². The van der Waals surface area contributed by atoms with Crippen LogP contribution >= 0.6 is 0 Å². The molecule has 0 radical (unpaired) electrons. The van der Waals surface area contributed by atoms with Crippen molar-refractivity contribution >= 4 is 17.5 Å². The first-order valence-corrected chi connectivity index (χ1v) is 7.38. The van der Waals surface area contributed by atoms with Crippen LogP contribution in [0.4, 0.5) is 5.69 Å². The van der Waals surface area contributed by atoms with Crippen molar-refractivity contribution < 1.29 is 23.8 Å². The Kier molecular flexibility index (Phi) is 7.18. The Morgan fingerprint density at radius 1 is 1.00 bits per heavy atom. The maximum atomic E-state index is 12.0. The topological polar surface area (TPSA) is 77.1 Å². The van der Waals surface area contributed by atoms with Crippen molar-refractivity contribution in [1.82, 2.24) is 4.90 Å². The number of rotatable bonds is 8. The average Bonchev–Trinajstić information content (AvgIpc) is 2.54. The van der Waals surface area contributed by atoms with Crippen LogP contribution in [0.1, 0.15) is 20.3 Å². The van der Waals surface area contributed by atoms with Gasteiger partial charge in [-0.15, -0.1) is 0 Å². The number of hydrogen-bond donors (Lipinski definition) is 1. The number of carbonyl (C=O) groups is 2. The van der Waals surface area contributed by atoms with Crippen LogP contribution in [-0.4, -0.2) is 51.1 Å². The van der Waals surface area contributed by atoms with E-state index in [9.17, 15) is 9.59 Å². The van der Waals surface area contributed by atoms with E-state index in [1.54, 1.807) is 17.0 Å². The van der Waals surface area contributed by atoms with E-state index in [0.717, 1.165) is 0 Å². The lowest BCUT2D eigenvalue weighted by atomic mass is 10.2. The number of carbonyl (C=O) groups excluding carboxylic acids is 2. The van der Waals surface area contributed by atoms with E-state index < -0.39 is 5.91 Å². The van der Waals surface area contributed by atoms with Crippen LogP contribution < -0.4 is 19.5 Å². The van der Waals surface area contributed by atoms with Gasteiger partial charge in [-0.25, -0.2) is 0 Å². The average molecular weight is 324 g/mol. The van der Waals surface area contributed by atoms with Crippen molar-refractivity contribution in [2.45, 2.75) is 20.3 Å². The van der Waals surface area contributed by atoms with Gasteiger partial charge in [0.2, 0.25) is 17.6 Å². The first kappa shape index (κ1) is 18.6. The molecular formula is C16H24N2O5. The van der Waals surface area contributed by atoms with Crippen LogP contribution in [0.5, 0.6) is 17.2 Å². The molecule has 7 heteroatoms. The lowest BCUT2D eigenvalue weighted by Gasteiger charge is -2.18. The molecule has 0 aliphatic heterocycles. The predicted molar refractivity (Wildman–Crippen MR) is 87.3 cm³/mol. The summed E-state index contributed by atoms with van der Waals surface area (Å²) in [7, 11) is 4.49. The van der Waals surface area contributed by atoms with Gasteiger partial charge in [-0.05, 0) is 13.8 Å². The molecular weight excluding hydrogens is 300 g/mol. The van der Waals surface area contributed by atoms with Gasteiger partial charge in [0, 0.05) is 30.9 Å². The zero-order valence-corrected chi connectivity index (χ0v) is 14.3. The van der Waals surface area contributed by atoms with E-state index in [1.165, 1.54) is 21.3 Å². The molecule has 128 valence electrons. The van der Waals surface area contributed by atoms with Gasteiger partial charge in [0.1, 0.15) is 6.42 Å². The lowest BCUT2D eigenvalue weighted by Crippen LogP contribution is -2.33. The van der Waals surface area contributed by atoms with Crippen LogP contribution in [0.25, 0.3) is 0 Å². The monoisotopic (exact) mass is 324 g/mol. The highest BCUT2D eigenvalue weighted by Crippen LogP contribution is 2.39. The van der Waals surface area contributed by atoms with Crippen LogP contribution in [0.2, 0.25) is 0 Å². The summed E-state index contributed by atoms with van der Waals surface area (Å²) in [5, 5.41) is 2.67. The van der Waals surface area contributed by atoms with Crippen molar-refractivity contribution in [3.8, 4) is 17.2 Å². The Hall–Kier alpha value is -2.44. The summed E-state index contributed by atoms with van der Waals surface area (Å²) in [6.07, 6.45) is -0.210. The van der Waals surface area contributed by atoms with Crippen molar-refractivity contribution in [2.24, 2.45) is 0 Å². The van der Waals surface area contributed by atoms with Gasteiger partial charge in [0.05, 0.1) is 21.3 Å². The molecule has 0 saturated carbocycles. The van der Waals surface area contributed by atoms with Gasteiger partial charge in [-0.1, -0.05) is 0 Å². The van der Waals surface area contributed by atoms with Crippen molar-refractivity contribution in [3.63, 3.8) is 0 Å². The largest absolute Gasteiger partial charge is 0.493 e. The third-order valence-electron chi connectivity index (χ3n) is 3.38. The summed E-state index contributed by atoms with van der Waals surface area (Å²) < 4.78 is 15.7. The SMILES string of the molecule is CCN(CC)C(=O)CC(=O)Nc1cc(OC)c(OC)c(OC)c1. The zero-order valence-electron chi connectivity index (χ0n) is 14.3. The van der Waals surface area contributed by atoms with E-state index in [0.29, 0.717) is 36.0 Å². The number of ether oxygens (including phenoxy) is 3. The quantitative estimate of drug-likeness (QED) is 0.739. The third-order valence-corrected chi connectivity index (χ3v) is 3.38. The lowest BCUT2D eigenvalue weighted by molar-refractivity contribution is -0.134. The molecule has 0 atom stereocenters. The normalized spacial score (nSPS) is 9.96. The van der Waals surface area contributed by atoms with Crippen LogP contribution in [0.15, 0.2) is 12.1 Å². The maximum absolute atomic E-state index is 12.0. The standard InChI is InChI=1S/C16H24N2O5/c1-6-18(7-2)15(20)10-14(19)17-11-8-12(21-3)16(23-5)13(9-11)22-4/h8-9H,6-7,10H2,1-5H3,(H,17,19). The third kappa shape index (κ3) is 4.77. The minimum absolute atomic E-state index is 0.208. The second kappa shape index (κ2) is 8.87. The Balaban J connectivity index is 2.88. The highest BCUT2D eigenvalue weighted by molar-refractivity contribution is 6.03. The number of nitrogens with one attached hydrogen (secondary N) is 1. The summed E-state index contributed by atoms with van der Waals surface area (Å²) in [5.41, 5.74) is 0.469. The molecule has 7 nitrogen and oxygen atoms in total. The van der Waals surface area contributed by atoms with E-state index in [-0.39, 0.29) is 12.3 Å². The molecule has 1 aromatic rings. The molecule has 0 fully saturated rings. The van der Waals surface area contributed by atoms with Gasteiger partial charge in [-0.3, -0.25) is 9.59 Å². The van der Waals surface area contributed by atoms with Gasteiger partial charge >= 0.3 is 0 Å². The minimum Gasteiger partial charge on any atom is -0.493 e. The smallest absolute Gasteiger partial charge is 0.233 e. The number of benzene rings is 1. The molecule has 0 aromatic heterocycles. The van der Waals surface area contributed by atoms with Gasteiger partial charge in [-0.2, -0.15) is 0 Å². The summed E-state index contributed by atoms with van der Waals surface area (Å²) in [4.78, 5) is 25.6. The molecule has 1 rings (SSSR count). The molecule has 0 aliphatic rings. The molecule has 0 unspecified atom stereocenters. The van der Waals surface area contributed by atoms with E-state index in [1.807, 2.05) is 13.8 Å². The molecule has 0 heterocycles. The van der Waals surface area contributed by atoms with Crippen LogP contribution in [0.3, 0.4) is 0 Å². The Morgan fingerprint density at radius 3 is 1.91 bits per heavy atom. The molecule has 0 bridgehead atoms. The van der Waals surface area contributed by atoms with Crippen LogP contribution in [-0.2, 0) is 9.59 Å². The fourth-order valence-electron chi connectivity index (χ4n) is 2.18. The van der Waals surface area contributed by atoms with E-state index in [2.05, 4.69) is 5.32 Å². The first-order valence-electron chi connectivity index (χ1n) is 7.38. The number of nitrogens with zero attached hydrogens (tertiary/aromatic N) is 1. The molecule has 1 aromatic carbocycles. The minimum atomic E-state index is -0.392.